The zero-order valence-electron chi connectivity index (χ0n) is 10.5. The van der Waals surface area contributed by atoms with E-state index in [0.717, 1.165) is 11.1 Å². The Kier molecular flexibility index (Phi) is 2.50. The van der Waals surface area contributed by atoms with Crippen molar-refractivity contribution in [3.05, 3.63) is 34.2 Å². The maximum Gasteiger partial charge on any atom is 0.323 e. The van der Waals surface area contributed by atoms with Crippen molar-refractivity contribution in [2.75, 3.05) is 7.05 Å². The molecular weight excluding hydrogens is 246 g/mol. The summed E-state index contributed by atoms with van der Waals surface area (Å²) in [5, 5.41) is 12.5. The summed E-state index contributed by atoms with van der Waals surface area (Å²) >= 11 is 0. The number of aromatic nitrogens is 2. The molecule has 6 nitrogen and oxygen atoms in total. The largest absolute Gasteiger partial charge is 0.481 e. The quantitative estimate of drug-likeness (QED) is 0.659. The summed E-state index contributed by atoms with van der Waals surface area (Å²) in [5.41, 5.74) is 1.34. The number of carbonyl (C=O) groups is 1. The van der Waals surface area contributed by atoms with Gasteiger partial charge in [-0.3, -0.25) is 4.79 Å². The molecule has 3 rings (SSSR count). The summed E-state index contributed by atoms with van der Waals surface area (Å²) in [5.74, 6) is -0.769. The molecule has 1 aliphatic rings. The van der Waals surface area contributed by atoms with Crippen LogP contribution in [0.3, 0.4) is 0 Å². The van der Waals surface area contributed by atoms with Crippen LogP contribution in [0, 0.1) is 5.41 Å². The molecule has 1 aliphatic carbocycles. The second kappa shape index (κ2) is 3.96. The first-order chi connectivity index (χ1) is 9.06. The molecule has 1 heterocycles. The van der Waals surface area contributed by atoms with Crippen molar-refractivity contribution in [2.24, 2.45) is 5.41 Å². The van der Waals surface area contributed by atoms with Crippen molar-refractivity contribution >= 4 is 17.0 Å². The average molecular weight is 261 g/mol. The van der Waals surface area contributed by atoms with Crippen molar-refractivity contribution in [1.29, 1.82) is 0 Å². The lowest BCUT2D eigenvalue weighted by molar-refractivity contribution is -0.144. The lowest BCUT2D eigenvalue weighted by Gasteiger charge is -2.23. The Morgan fingerprint density at radius 2 is 2.05 bits per heavy atom. The average Bonchev–Trinajstić information content (AvgIpc) is 3.07. The number of hydrogen-bond acceptors (Lipinski definition) is 3. The van der Waals surface area contributed by atoms with Gasteiger partial charge in [-0.05, 0) is 37.6 Å². The number of imidazole rings is 1. The number of carboxylic acids is 1. The molecule has 0 aliphatic heterocycles. The van der Waals surface area contributed by atoms with Crippen LogP contribution in [0.4, 0.5) is 0 Å². The normalized spacial score (nSPS) is 18.4. The lowest BCUT2D eigenvalue weighted by Crippen LogP contribution is -2.32. The van der Waals surface area contributed by atoms with Crippen LogP contribution < -0.4 is 11.0 Å². The minimum atomic E-state index is -0.769. The van der Waals surface area contributed by atoms with Crippen molar-refractivity contribution in [3.8, 4) is 0 Å². The zero-order valence-corrected chi connectivity index (χ0v) is 10.5. The maximum atomic E-state index is 11.4. The molecule has 1 fully saturated rings. The van der Waals surface area contributed by atoms with Crippen LogP contribution in [0.1, 0.15) is 24.4 Å². The van der Waals surface area contributed by atoms with Gasteiger partial charge in [-0.2, -0.15) is 0 Å². The molecule has 6 heteroatoms. The van der Waals surface area contributed by atoms with Crippen LogP contribution >= 0.6 is 0 Å². The Morgan fingerprint density at radius 1 is 1.37 bits per heavy atom. The summed E-state index contributed by atoms with van der Waals surface area (Å²) < 4.78 is 0. The molecule has 100 valence electrons. The molecule has 1 atom stereocenters. The van der Waals surface area contributed by atoms with Crippen LogP contribution in [0.25, 0.3) is 11.0 Å². The Morgan fingerprint density at radius 3 is 2.63 bits per heavy atom. The first-order valence-electron chi connectivity index (χ1n) is 6.19. The molecule has 0 bridgehead atoms. The number of aromatic amines is 2. The van der Waals surface area contributed by atoms with Gasteiger partial charge in [-0.25, -0.2) is 4.79 Å². The minimum absolute atomic E-state index is 0.243. The van der Waals surface area contributed by atoms with Crippen LogP contribution in [0.15, 0.2) is 23.0 Å². The fourth-order valence-electron chi connectivity index (χ4n) is 2.75. The molecular formula is C13H15N3O3. The standard InChI is InChI=1S/C13H15N3O3/c1-14-10(13(4-5-13)11(17)18)7-2-3-8-9(6-7)16-12(19)15-8/h2-3,6,10,14H,4-5H2,1H3,(H,17,18)(H2,15,16,19). The SMILES string of the molecule is CNC(c1ccc2[nH]c(=O)[nH]c2c1)C1(C(=O)O)CC1. The monoisotopic (exact) mass is 261 g/mol. The van der Waals surface area contributed by atoms with Crippen molar-refractivity contribution in [1.82, 2.24) is 15.3 Å². The van der Waals surface area contributed by atoms with Gasteiger partial charge in [0.15, 0.2) is 0 Å². The van der Waals surface area contributed by atoms with Gasteiger partial charge >= 0.3 is 11.7 Å². The molecule has 19 heavy (non-hydrogen) atoms. The van der Waals surface area contributed by atoms with Gasteiger partial charge in [-0.15, -0.1) is 0 Å². The molecule has 0 amide bonds. The summed E-state index contributed by atoms with van der Waals surface area (Å²) in [6.07, 6.45) is 1.35. The van der Waals surface area contributed by atoms with E-state index in [4.69, 9.17) is 0 Å². The Balaban J connectivity index is 2.06. The van der Waals surface area contributed by atoms with Gasteiger partial charge in [0.2, 0.25) is 0 Å². The van der Waals surface area contributed by atoms with E-state index in [1.54, 1.807) is 13.1 Å². The second-order valence-corrected chi connectivity index (χ2v) is 5.07. The highest BCUT2D eigenvalue weighted by Crippen LogP contribution is 2.55. The third-order valence-corrected chi connectivity index (χ3v) is 3.93. The van der Waals surface area contributed by atoms with Gasteiger partial charge in [0.05, 0.1) is 16.4 Å². The van der Waals surface area contributed by atoms with E-state index in [-0.39, 0.29) is 11.7 Å². The summed E-state index contributed by atoms with van der Waals surface area (Å²) in [6, 6.07) is 5.24. The molecule has 0 saturated heterocycles. The number of rotatable bonds is 4. The Labute approximate surface area is 108 Å². The second-order valence-electron chi connectivity index (χ2n) is 5.07. The van der Waals surface area contributed by atoms with E-state index in [2.05, 4.69) is 15.3 Å². The number of H-pyrrole nitrogens is 2. The molecule has 1 aromatic heterocycles. The molecule has 0 radical (unpaired) electrons. The van der Waals surface area contributed by atoms with Crippen molar-refractivity contribution in [2.45, 2.75) is 18.9 Å². The van der Waals surface area contributed by atoms with Gasteiger partial charge in [0.1, 0.15) is 0 Å². The van der Waals surface area contributed by atoms with Crippen molar-refractivity contribution in [3.63, 3.8) is 0 Å². The van der Waals surface area contributed by atoms with E-state index in [1.165, 1.54) is 0 Å². The number of hydrogen-bond donors (Lipinski definition) is 4. The first kappa shape index (κ1) is 12.0. The smallest absolute Gasteiger partial charge is 0.323 e. The van der Waals surface area contributed by atoms with Gasteiger partial charge in [0.25, 0.3) is 0 Å². The predicted octanol–water partition coefficient (Wildman–Crippen LogP) is 0.981. The number of carboxylic acid groups (broad SMARTS) is 1. The maximum absolute atomic E-state index is 11.4. The van der Waals surface area contributed by atoms with Crippen LogP contribution in [0.2, 0.25) is 0 Å². The first-order valence-corrected chi connectivity index (χ1v) is 6.19. The summed E-state index contributed by atoms with van der Waals surface area (Å²) in [4.78, 5) is 28.0. The molecule has 1 unspecified atom stereocenters. The van der Waals surface area contributed by atoms with E-state index >= 15 is 0 Å². The van der Waals surface area contributed by atoms with Crippen LogP contribution in [-0.2, 0) is 4.79 Å². The fourth-order valence-corrected chi connectivity index (χ4v) is 2.75. The third kappa shape index (κ3) is 1.76. The highest BCUT2D eigenvalue weighted by atomic mass is 16.4. The highest BCUT2D eigenvalue weighted by molar-refractivity contribution is 5.80. The summed E-state index contributed by atoms with van der Waals surface area (Å²) in [6.45, 7) is 0. The Bertz CT molecular complexity index is 696. The third-order valence-electron chi connectivity index (χ3n) is 3.93. The lowest BCUT2D eigenvalue weighted by atomic mass is 9.90. The van der Waals surface area contributed by atoms with E-state index in [9.17, 15) is 14.7 Å². The van der Waals surface area contributed by atoms with E-state index in [1.807, 2.05) is 12.1 Å². The molecule has 2 aromatic rings. The summed E-state index contributed by atoms with van der Waals surface area (Å²) in [7, 11) is 1.76. The molecule has 0 spiro atoms. The van der Waals surface area contributed by atoms with Gasteiger partial charge < -0.3 is 20.4 Å². The van der Waals surface area contributed by atoms with Gasteiger partial charge in [-0.1, -0.05) is 6.07 Å². The fraction of sp³-hybridized carbons (Fsp3) is 0.385. The van der Waals surface area contributed by atoms with E-state index < -0.39 is 11.4 Å². The Hall–Kier alpha value is -2.08. The zero-order chi connectivity index (χ0) is 13.6. The highest BCUT2D eigenvalue weighted by Gasteiger charge is 2.56. The topological polar surface area (TPSA) is 98.0 Å². The number of aliphatic carboxylic acids is 1. The van der Waals surface area contributed by atoms with Gasteiger partial charge in [0, 0.05) is 6.04 Å². The van der Waals surface area contributed by atoms with Crippen LogP contribution in [-0.4, -0.2) is 28.1 Å². The molecule has 1 aromatic carbocycles. The number of nitrogens with one attached hydrogen (secondary N) is 3. The molecule has 4 N–H and O–H groups in total. The van der Waals surface area contributed by atoms with Crippen molar-refractivity contribution < 1.29 is 9.90 Å². The van der Waals surface area contributed by atoms with Crippen LogP contribution in [0.5, 0.6) is 0 Å². The number of fused-ring (bicyclic) bond motifs is 1. The minimum Gasteiger partial charge on any atom is -0.481 e. The molecule has 1 saturated carbocycles. The predicted molar refractivity (Wildman–Crippen MR) is 70.0 cm³/mol. The number of benzene rings is 1. The van der Waals surface area contributed by atoms with E-state index in [0.29, 0.717) is 18.4 Å².